The minimum absolute atomic E-state index is 0.0579. The van der Waals surface area contributed by atoms with Gasteiger partial charge in [-0.3, -0.25) is 0 Å². The summed E-state index contributed by atoms with van der Waals surface area (Å²) in [6, 6.07) is 3.86. The number of phenolic OH excluding ortho intramolecular Hbond substituents is 1. The van der Waals surface area contributed by atoms with Gasteiger partial charge >= 0.3 is 0 Å². The first-order chi connectivity index (χ1) is 5.82. The largest absolute Gasteiger partial charge is 0.507 e. The van der Waals surface area contributed by atoms with Crippen LogP contribution < -0.4 is 0 Å². The van der Waals surface area contributed by atoms with Gasteiger partial charge in [-0.1, -0.05) is 26.8 Å². The molecule has 1 nitrogen and oxygen atoms in total. The van der Waals surface area contributed by atoms with E-state index in [1.54, 1.807) is 6.07 Å². The Kier molecular flexibility index (Phi) is 2.71. The lowest BCUT2D eigenvalue weighted by Gasteiger charge is -2.21. The van der Waals surface area contributed by atoms with Crippen molar-refractivity contribution in [2.75, 3.05) is 0 Å². The van der Waals surface area contributed by atoms with Crippen molar-refractivity contribution < 1.29 is 5.11 Å². The third kappa shape index (κ3) is 2.25. The molecule has 0 unspecified atom stereocenters. The molecule has 0 radical (unpaired) electrons. The van der Waals surface area contributed by atoms with Crippen molar-refractivity contribution >= 4 is 15.9 Å². The third-order valence-corrected chi connectivity index (χ3v) is 2.84. The van der Waals surface area contributed by atoms with E-state index in [0.717, 1.165) is 15.6 Å². The van der Waals surface area contributed by atoms with E-state index in [4.69, 9.17) is 0 Å². The third-order valence-electron chi connectivity index (χ3n) is 2.01. The Morgan fingerprint density at radius 2 is 1.77 bits per heavy atom. The van der Waals surface area contributed by atoms with E-state index in [1.165, 1.54) is 0 Å². The molecule has 1 N–H and O–H groups in total. The molecule has 1 aromatic rings. The molecule has 13 heavy (non-hydrogen) atoms. The van der Waals surface area contributed by atoms with Crippen LogP contribution in [-0.2, 0) is 5.41 Å². The lowest BCUT2D eigenvalue weighted by molar-refractivity contribution is 0.466. The van der Waals surface area contributed by atoms with Gasteiger partial charge in [0.1, 0.15) is 5.75 Å². The molecule has 1 aromatic carbocycles. The van der Waals surface area contributed by atoms with E-state index in [-0.39, 0.29) is 5.41 Å². The molecule has 0 saturated heterocycles. The lowest BCUT2D eigenvalue weighted by atomic mass is 9.86. The number of benzene rings is 1. The maximum Gasteiger partial charge on any atom is 0.130 e. The van der Waals surface area contributed by atoms with Gasteiger partial charge < -0.3 is 5.11 Å². The van der Waals surface area contributed by atoms with Crippen LogP contribution >= 0.6 is 15.9 Å². The van der Waals surface area contributed by atoms with Crippen LogP contribution in [0.5, 0.6) is 5.75 Å². The molecule has 0 spiro atoms. The monoisotopic (exact) mass is 242 g/mol. The van der Waals surface area contributed by atoms with Gasteiger partial charge in [0.2, 0.25) is 0 Å². The minimum atomic E-state index is 0.0579. The maximum absolute atomic E-state index is 9.60. The predicted octanol–water partition coefficient (Wildman–Crippen LogP) is 3.76. The van der Waals surface area contributed by atoms with Gasteiger partial charge in [0, 0.05) is 0 Å². The smallest absolute Gasteiger partial charge is 0.130 e. The van der Waals surface area contributed by atoms with Crippen molar-refractivity contribution in [3.05, 3.63) is 27.7 Å². The molecule has 0 amide bonds. The molecule has 0 aliphatic carbocycles. The van der Waals surface area contributed by atoms with Gasteiger partial charge in [-0.2, -0.15) is 0 Å². The standard InChI is InChI=1S/C11H15BrO/c1-7-5-8(11(2,3)4)10(12)9(13)6-7/h5-6,13H,1-4H3. The Labute approximate surface area is 87.9 Å². The average molecular weight is 243 g/mol. The molecule has 0 bridgehead atoms. The van der Waals surface area contributed by atoms with E-state index in [2.05, 4.69) is 42.8 Å². The molecule has 0 aliphatic rings. The van der Waals surface area contributed by atoms with E-state index >= 15 is 0 Å². The highest BCUT2D eigenvalue weighted by molar-refractivity contribution is 9.10. The molecule has 0 aromatic heterocycles. The molecule has 0 aliphatic heterocycles. The molecule has 2 heteroatoms. The zero-order valence-electron chi connectivity index (χ0n) is 8.48. The molecule has 0 heterocycles. The summed E-state index contributed by atoms with van der Waals surface area (Å²) in [6.45, 7) is 8.38. The number of rotatable bonds is 0. The normalized spacial score (nSPS) is 11.8. The Hall–Kier alpha value is -0.500. The quantitative estimate of drug-likeness (QED) is 0.735. The highest BCUT2D eigenvalue weighted by Crippen LogP contribution is 2.36. The van der Waals surface area contributed by atoms with E-state index < -0.39 is 0 Å². The number of halogens is 1. The van der Waals surface area contributed by atoms with Crippen molar-refractivity contribution in [1.82, 2.24) is 0 Å². The van der Waals surface area contributed by atoms with Crippen molar-refractivity contribution in [1.29, 1.82) is 0 Å². The summed E-state index contributed by atoms with van der Waals surface area (Å²) in [5, 5.41) is 9.60. The van der Waals surface area contributed by atoms with Crippen molar-refractivity contribution in [2.24, 2.45) is 0 Å². The van der Waals surface area contributed by atoms with E-state index in [1.807, 2.05) is 6.92 Å². The second-order valence-electron chi connectivity index (χ2n) is 4.40. The van der Waals surface area contributed by atoms with Crippen LogP contribution in [-0.4, -0.2) is 5.11 Å². The Morgan fingerprint density at radius 1 is 1.23 bits per heavy atom. The van der Waals surface area contributed by atoms with Gasteiger partial charge in [-0.15, -0.1) is 0 Å². The van der Waals surface area contributed by atoms with Crippen LogP contribution in [0.1, 0.15) is 31.9 Å². The fraction of sp³-hybridized carbons (Fsp3) is 0.455. The second-order valence-corrected chi connectivity index (χ2v) is 5.19. The lowest BCUT2D eigenvalue weighted by Crippen LogP contribution is -2.12. The van der Waals surface area contributed by atoms with Crippen molar-refractivity contribution in [3.8, 4) is 5.75 Å². The first-order valence-corrected chi connectivity index (χ1v) is 5.11. The minimum Gasteiger partial charge on any atom is -0.507 e. The molecule has 0 saturated carbocycles. The van der Waals surface area contributed by atoms with Crippen LogP contribution in [0.2, 0.25) is 0 Å². The van der Waals surface area contributed by atoms with Crippen LogP contribution in [0.15, 0.2) is 16.6 Å². The Bertz CT molecular complexity index is 324. The van der Waals surface area contributed by atoms with E-state index in [0.29, 0.717) is 5.75 Å². The summed E-state index contributed by atoms with van der Waals surface area (Å²) in [5.41, 5.74) is 2.29. The molecule has 0 atom stereocenters. The van der Waals surface area contributed by atoms with Crippen LogP contribution in [0.4, 0.5) is 0 Å². The number of aromatic hydroxyl groups is 1. The fourth-order valence-corrected chi connectivity index (χ4v) is 2.12. The summed E-state index contributed by atoms with van der Waals surface area (Å²) < 4.78 is 0.811. The molecule has 0 fully saturated rings. The summed E-state index contributed by atoms with van der Waals surface area (Å²) in [7, 11) is 0. The van der Waals surface area contributed by atoms with Crippen LogP contribution in [0, 0.1) is 6.92 Å². The molecular formula is C11H15BrO. The van der Waals surface area contributed by atoms with Crippen LogP contribution in [0.25, 0.3) is 0 Å². The first-order valence-electron chi connectivity index (χ1n) is 4.32. The first kappa shape index (κ1) is 10.6. The van der Waals surface area contributed by atoms with Crippen molar-refractivity contribution in [3.63, 3.8) is 0 Å². The second kappa shape index (κ2) is 3.33. The number of aryl methyl sites for hydroxylation is 1. The van der Waals surface area contributed by atoms with Crippen molar-refractivity contribution in [2.45, 2.75) is 33.1 Å². The summed E-state index contributed by atoms with van der Waals surface area (Å²) in [4.78, 5) is 0. The summed E-state index contributed by atoms with van der Waals surface area (Å²) in [6.07, 6.45) is 0. The SMILES string of the molecule is Cc1cc(O)c(Br)c(C(C)(C)C)c1. The number of hydrogen-bond acceptors (Lipinski definition) is 1. The fourth-order valence-electron chi connectivity index (χ4n) is 1.30. The highest BCUT2D eigenvalue weighted by Gasteiger charge is 2.19. The van der Waals surface area contributed by atoms with Gasteiger partial charge in [-0.25, -0.2) is 0 Å². The van der Waals surface area contributed by atoms with Gasteiger partial charge in [0.25, 0.3) is 0 Å². The highest BCUT2D eigenvalue weighted by atomic mass is 79.9. The van der Waals surface area contributed by atoms with Gasteiger partial charge in [-0.05, 0) is 45.5 Å². The zero-order chi connectivity index (χ0) is 10.2. The van der Waals surface area contributed by atoms with Gasteiger partial charge in [0.15, 0.2) is 0 Å². The predicted molar refractivity (Wildman–Crippen MR) is 59.2 cm³/mol. The Balaban J connectivity index is 3.37. The molecule has 1 rings (SSSR count). The summed E-state index contributed by atoms with van der Waals surface area (Å²) >= 11 is 3.40. The maximum atomic E-state index is 9.60. The van der Waals surface area contributed by atoms with Crippen LogP contribution in [0.3, 0.4) is 0 Å². The topological polar surface area (TPSA) is 20.2 Å². The van der Waals surface area contributed by atoms with Gasteiger partial charge in [0.05, 0.1) is 4.47 Å². The van der Waals surface area contributed by atoms with E-state index in [9.17, 15) is 5.11 Å². The molecular weight excluding hydrogens is 228 g/mol. The summed E-state index contributed by atoms with van der Waals surface area (Å²) in [5.74, 6) is 0.324. The number of hydrogen-bond donors (Lipinski definition) is 1. The Morgan fingerprint density at radius 3 is 2.23 bits per heavy atom. The number of phenols is 1. The average Bonchev–Trinajstić information content (AvgIpc) is 1.94. The molecule has 72 valence electrons. The zero-order valence-corrected chi connectivity index (χ0v) is 10.1.